The zero-order chi connectivity index (χ0) is 19.7. The van der Waals surface area contributed by atoms with E-state index in [-0.39, 0.29) is 11.5 Å². The number of benzene rings is 1. The van der Waals surface area contributed by atoms with Gasteiger partial charge in [0.05, 0.1) is 5.41 Å². The van der Waals surface area contributed by atoms with E-state index in [9.17, 15) is 25.2 Å². The van der Waals surface area contributed by atoms with Gasteiger partial charge in [-0.15, -0.1) is 0 Å². The Balaban J connectivity index is 1.56. The number of phenolic OH excluding ortho intramolecular Hbond substituents is 3. The molecule has 5 heteroatoms. The van der Waals surface area contributed by atoms with Crippen molar-refractivity contribution in [3.8, 4) is 17.2 Å². The van der Waals surface area contributed by atoms with Gasteiger partial charge < -0.3 is 20.4 Å². The Morgan fingerprint density at radius 1 is 0.926 bits per heavy atom. The van der Waals surface area contributed by atoms with Crippen LogP contribution in [0.3, 0.4) is 0 Å². The van der Waals surface area contributed by atoms with Crippen LogP contribution in [0.5, 0.6) is 17.2 Å². The summed E-state index contributed by atoms with van der Waals surface area (Å²) < 4.78 is 0. The lowest BCUT2D eigenvalue weighted by atomic mass is 9.92. The largest absolute Gasteiger partial charge is 0.504 e. The van der Waals surface area contributed by atoms with Crippen molar-refractivity contribution >= 4 is 5.97 Å². The van der Waals surface area contributed by atoms with E-state index in [1.165, 1.54) is 19.3 Å². The predicted octanol–water partition coefficient (Wildman–Crippen LogP) is 4.89. The minimum atomic E-state index is -0.697. The molecule has 5 nitrogen and oxygen atoms in total. The topological polar surface area (TPSA) is 98.0 Å². The van der Waals surface area contributed by atoms with Crippen LogP contribution in [0.2, 0.25) is 0 Å². The Morgan fingerprint density at radius 3 is 2.15 bits per heavy atom. The monoisotopic (exact) mass is 376 g/mol. The molecule has 1 aromatic carbocycles. The zero-order valence-corrected chi connectivity index (χ0v) is 16.3. The van der Waals surface area contributed by atoms with E-state index in [0.717, 1.165) is 50.5 Å². The molecule has 0 aliphatic heterocycles. The minimum Gasteiger partial charge on any atom is -0.504 e. The van der Waals surface area contributed by atoms with Crippen LogP contribution in [0.25, 0.3) is 0 Å². The molecule has 27 heavy (non-hydrogen) atoms. The third kappa shape index (κ3) is 4.69. The molecular formula is C22H32O5. The number of aliphatic carboxylic acids is 1. The van der Waals surface area contributed by atoms with Crippen LogP contribution in [0.1, 0.15) is 82.3 Å². The predicted molar refractivity (Wildman–Crippen MR) is 103 cm³/mol. The number of rotatable bonds is 11. The summed E-state index contributed by atoms with van der Waals surface area (Å²) >= 11 is 0. The normalized spacial score (nSPS) is 19.0. The lowest BCUT2D eigenvalue weighted by Gasteiger charge is -2.15. The van der Waals surface area contributed by atoms with Gasteiger partial charge >= 0.3 is 5.97 Å². The number of carboxylic acids is 1. The average molecular weight is 376 g/mol. The third-order valence-corrected chi connectivity index (χ3v) is 6.67. The van der Waals surface area contributed by atoms with E-state index in [0.29, 0.717) is 23.8 Å². The second-order valence-corrected chi connectivity index (χ2v) is 9.04. The first-order chi connectivity index (χ1) is 12.8. The zero-order valence-electron chi connectivity index (χ0n) is 16.3. The number of carbonyl (C=O) groups is 1. The van der Waals surface area contributed by atoms with Gasteiger partial charge in [-0.1, -0.05) is 19.8 Å². The van der Waals surface area contributed by atoms with Crippen molar-refractivity contribution in [1.29, 1.82) is 0 Å². The molecule has 4 N–H and O–H groups in total. The quantitative estimate of drug-likeness (QED) is 0.325. The first-order valence-corrected chi connectivity index (χ1v) is 10.3. The highest BCUT2D eigenvalue weighted by atomic mass is 16.4. The number of phenols is 3. The molecule has 0 saturated heterocycles. The summed E-state index contributed by atoms with van der Waals surface area (Å²) in [7, 11) is 0. The summed E-state index contributed by atoms with van der Waals surface area (Å²) in [6.45, 7) is 2.32. The van der Waals surface area contributed by atoms with Gasteiger partial charge in [-0.2, -0.15) is 0 Å². The Hall–Kier alpha value is -1.91. The van der Waals surface area contributed by atoms with Crippen LogP contribution < -0.4 is 0 Å². The molecule has 0 spiro atoms. The number of aromatic hydroxyl groups is 3. The lowest BCUT2D eigenvalue weighted by molar-refractivity contribution is -0.143. The van der Waals surface area contributed by atoms with Gasteiger partial charge in [0, 0.05) is 5.56 Å². The molecule has 2 saturated carbocycles. The summed E-state index contributed by atoms with van der Waals surface area (Å²) in [6.07, 6.45) is 11.1. The van der Waals surface area contributed by atoms with Crippen LogP contribution in [-0.2, 0) is 17.6 Å². The molecule has 0 heterocycles. The Labute approximate surface area is 161 Å². The first-order valence-electron chi connectivity index (χ1n) is 10.3. The lowest BCUT2D eigenvalue weighted by Crippen LogP contribution is -2.14. The maximum atomic E-state index is 11.3. The Morgan fingerprint density at radius 2 is 1.56 bits per heavy atom. The van der Waals surface area contributed by atoms with Gasteiger partial charge in [0.15, 0.2) is 11.5 Å². The minimum absolute atomic E-state index is 0.224. The molecule has 2 aliphatic rings. The fourth-order valence-corrected chi connectivity index (χ4v) is 4.06. The molecule has 0 aromatic heterocycles. The van der Waals surface area contributed by atoms with Crippen molar-refractivity contribution in [1.82, 2.24) is 0 Å². The smallest absolute Gasteiger partial charge is 0.309 e. The second-order valence-electron chi connectivity index (χ2n) is 9.04. The fraction of sp³-hybridized carbons (Fsp3) is 0.682. The van der Waals surface area contributed by atoms with E-state index in [2.05, 4.69) is 6.92 Å². The molecular weight excluding hydrogens is 344 g/mol. The van der Waals surface area contributed by atoms with Crippen LogP contribution in [0.4, 0.5) is 0 Å². The van der Waals surface area contributed by atoms with Gasteiger partial charge in [-0.25, -0.2) is 0 Å². The molecule has 0 atom stereocenters. The molecule has 0 radical (unpaired) electrons. The molecule has 0 amide bonds. The number of hydrogen-bond donors (Lipinski definition) is 4. The maximum Gasteiger partial charge on any atom is 0.309 e. The summed E-state index contributed by atoms with van der Waals surface area (Å²) in [4.78, 5) is 11.3. The summed E-state index contributed by atoms with van der Waals surface area (Å²) in [5.41, 5.74) is 1.61. The van der Waals surface area contributed by atoms with Crippen LogP contribution in [-0.4, -0.2) is 26.4 Å². The first kappa shape index (κ1) is 19.8. The van der Waals surface area contributed by atoms with Gasteiger partial charge in [0.2, 0.25) is 5.75 Å². The van der Waals surface area contributed by atoms with Gasteiger partial charge in [0.25, 0.3) is 0 Å². The van der Waals surface area contributed by atoms with Crippen molar-refractivity contribution in [2.75, 3.05) is 0 Å². The molecule has 2 aliphatic carbocycles. The van der Waals surface area contributed by atoms with Crippen molar-refractivity contribution < 1.29 is 25.2 Å². The summed E-state index contributed by atoms with van der Waals surface area (Å²) in [6, 6.07) is 1.57. The molecule has 3 rings (SSSR count). The molecule has 1 aromatic rings. The highest BCUT2D eigenvalue weighted by Crippen LogP contribution is 2.50. The standard InChI is InChI=1S/C22H32O5/c1-21(10-11-21)8-4-2-6-15-14-17(23)19(25)18(24)16(15)7-3-5-9-22(12-13-22)20(26)27/h14,23-25H,2-13H2,1H3,(H,26,27). The average Bonchev–Trinajstić information content (AvgIpc) is 3.54. The SMILES string of the molecule is CC1(CCCCc2cc(O)c(O)c(O)c2CCCCC2(C(=O)O)CC2)CC1. The molecule has 150 valence electrons. The number of unbranched alkanes of at least 4 members (excludes halogenated alkanes) is 2. The summed E-state index contributed by atoms with van der Waals surface area (Å²) in [5.74, 6) is -1.65. The molecule has 0 bridgehead atoms. The second kappa shape index (κ2) is 7.61. The van der Waals surface area contributed by atoms with Crippen molar-refractivity contribution in [3.05, 3.63) is 17.2 Å². The highest BCUT2D eigenvalue weighted by Gasteiger charge is 2.49. The van der Waals surface area contributed by atoms with Gasteiger partial charge in [-0.05, 0) is 81.3 Å². The van der Waals surface area contributed by atoms with Gasteiger partial charge in [-0.3, -0.25) is 4.79 Å². The van der Waals surface area contributed by atoms with Crippen molar-refractivity contribution in [2.24, 2.45) is 10.8 Å². The highest BCUT2D eigenvalue weighted by molar-refractivity contribution is 5.77. The Bertz CT molecular complexity index is 701. The number of hydrogen-bond acceptors (Lipinski definition) is 4. The maximum absolute atomic E-state index is 11.3. The Kier molecular flexibility index (Phi) is 5.59. The van der Waals surface area contributed by atoms with E-state index >= 15 is 0 Å². The van der Waals surface area contributed by atoms with Crippen LogP contribution in [0, 0.1) is 10.8 Å². The number of carboxylic acid groups (broad SMARTS) is 1. The fourth-order valence-electron chi connectivity index (χ4n) is 4.06. The van der Waals surface area contributed by atoms with Crippen LogP contribution >= 0.6 is 0 Å². The molecule has 2 fully saturated rings. The van der Waals surface area contributed by atoms with Crippen molar-refractivity contribution in [2.45, 2.75) is 84.0 Å². The summed E-state index contributed by atoms with van der Waals surface area (Å²) in [5, 5.41) is 39.3. The molecule has 0 unspecified atom stereocenters. The van der Waals surface area contributed by atoms with E-state index in [1.54, 1.807) is 6.07 Å². The van der Waals surface area contributed by atoms with Crippen LogP contribution in [0.15, 0.2) is 6.07 Å². The van der Waals surface area contributed by atoms with Gasteiger partial charge in [0.1, 0.15) is 0 Å². The van der Waals surface area contributed by atoms with E-state index in [1.807, 2.05) is 0 Å². The third-order valence-electron chi connectivity index (χ3n) is 6.67. The van der Waals surface area contributed by atoms with Crippen molar-refractivity contribution in [3.63, 3.8) is 0 Å². The number of aryl methyl sites for hydroxylation is 1. The van der Waals surface area contributed by atoms with E-state index in [4.69, 9.17) is 0 Å². The van der Waals surface area contributed by atoms with E-state index < -0.39 is 17.1 Å².